The predicted molar refractivity (Wildman–Crippen MR) is 89.8 cm³/mol. The van der Waals surface area contributed by atoms with Gasteiger partial charge in [0.05, 0.1) is 50.1 Å². The van der Waals surface area contributed by atoms with E-state index in [-0.39, 0.29) is 12.3 Å². The molecule has 0 unspecified atom stereocenters. The number of hydrogen-bond acceptors (Lipinski definition) is 5. The predicted octanol–water partition coefficient (Wildman–Crippen LogP) is -0.433. The van der Waals surface area contributed by atoms with Crippen molar-refractivity contribution in [3.8, 4) is 0 Å². The Kier molecular flexibility index (Phi) is 5.35. The quantitative estimate of drug-likeness (QED) is 0.491. The SMILES string of the molecule is C[C@]1(NC(=O)CC[N+]2(C)CCCCC2)CS(=O)(=O)C[C@@H]1S(=O)(=O)O. The Morgan fingerprint density at radius 2 is 1.88 bits per heavy atom. The van der Waals surface area contributed by atoms with E-state index in [2.05, 4.69) is 12.4 Å². The van der Waals surface area contributed by atoms with E-state index >= 15 is 0 Å². The van der Waals surface area contributed by atoms with Crippen molar-refractivity contribution in [3.63, 3.8) is 0 Å². The van der Waals surface area contributed by atoms with Gasteiger partial charge in [0.15, 0.2) is 9.84 Å². The molecule has 2 N–H and O–H groups in total. The zero-order valence-corrected chi connectivity index (χ0v) is 15.8. The monoisotopic (exact) mass is 383 g/mol. The van der Waals surface area contributed by atoms with E-state index in [0.717, 1.165) is 30.4 Å². The van der Waals surface area contributed by atoms with Crippen molar-refractivity contribution in [2.24, 2.45) is 0 Å². The molecule has 2 fully saturated rings. The van der Waals surface area contributed by atoms with Crippen molar-refractivity contribution in [3.05, 3.63) is 0 Å². The fourth-order valence-electron chi connectivity index (χ4n) is 3.81. The third-order valence-corrected chi connectivity index (χ3v) is 8.69. The molecule has 0 aliphatic carbocycles. The van der Waals surface area contributed by atoms with Crippen LogP contribution in [0, 0.1) is 0 Å². The van der Waals surface area contributed by atoms with Crippen LogP contribution in [0.25, 0.3) is 0 Å². The molecule has 0 radical (unpaired) electrons. The number of nitrogens with one attached hydrogen (secondary N) is 1. The molecule has 0 aromatic heterocycles. The van der Waals surface area contributed by atoms with Gasteiger partial charge in [-0.2, -0.15) is 8.42 Å². The molecule has 2 rings (SSSR count). The third-order valence-electron chi connectivity index (χ3n) is 5.19. The Balaban J connectivity index is 2.03. The molecule has 0 aromatic carbocycles. The first-order valence-electron chi connectivity index (χ1n) is 8.17. The highest BCUT2D eigenvalue weighted by Crippen LogP contribution is 2.29. The Morgan fingerprint density at radius 3 is 2.42 bits per heavy atom. The molecule has 8 nitrogen and oxygen atoms in total. The summed E-state index contributed by atoms with van der Waals surface area (Å²) in [7, 11) is -6.12. The number of piperidine rings is 1. The van der Waals surface area contributed by atoms with Crippen LogP contribution < -0.4 is 5.32 Å². The van der Waals surface area contributed by atoms with Crippen molar-refractivity contribution >= 4 is 25.9 Å². The lowest BCUT2D eigenvalue weighted by Crippen LogP contribution is -2.57. The average molecular weight is 384 g/mol. The lowest BCUT2D eigenvalue weighted by Gasteiger charge is -2.38. The Morgan fingerprint density at radius 1 is 1.29 bits per heavy atom. The first kappa shape index (κ1) is 19.6. The lowest BCUT2D eigenvalue weighted by atomic mass is 10.0. The second-order valence-corrected chi connectivity index (χ2v) is 11.3. The molecule has 0 spiro atoms. The average Bonchev–Trinajstić information content (AvgIpc) is 2.67. The molecule has 10 heteroatoms. The third kappa shape index (κ3) is 4.68. The van der Waals surface area contributed by atoms with Crippen LogP contribution in [-0.2, 0) is 24.7 Å². The number of quaternary nitrogens is 1. The van der Waals surface area contributed by atoms with E-state index in [1.54, 1.807) is 0 Å². The smallest absolute Gasteiger partial charge is 0.271 e. The van der Waals surface area contributed by atoms with Crippen LogP contribution >= 0.6 is 0 Å². The maximum atomic E-state index is 12.3. The summed E-state index contributed by atoms with van der Waals surface area (Å²) in [6, 6.07) is 0. The summed E-state index contributed by atoms with van der Waals surface area (Å²) < 4.78 is 56.8. The van der Waals surface area contributed by atoms with Gasteiger partial charge < -0.3 is 9.80 Å². The minimum Gasteiger partial charge on any atom is -0.348 e. The zero-order valence-electron chi connectivity index (χ0n) is 14.2. The molecule has 2 aliphatic rings. The fraction of sp³-hybridized carbons (Fsp3) is 0.929. The highest BCUT2D eigenvalue weighted by Gasteiger charge is 2.54. The molecule has 1 amide bonds. The fourth-order valence-corrected chi connectivity index (χ4v) is 8.16. The molecule has 2 heterocycles. The Hall–Kier alpha value is -0.710. The second kappa shape index (κ2) is 6.54. The van der Waals surface area contributed by atoms with Crippen molar-refractivity contribution < 1.29 is 30.7 Å². The maximum Gasteiger partial charge on any atom is 0.271 e. The number of amides is 1. The first-order valence-corrected chi connectivity index (χ1v) is 11.5. The summed E-state index contributed by atoms with van der Waals surface area (Å²) in [5.74, 6) is -1.54. The Bertz CT molecular complexity index is 697. The molecule has 2 aliphatic heterocycles. The topological polar surface area (TPSA) is 118 Å². The summed E-state index contributed by atoms with van der Waals surface area (Å²) in [5, 5.41) is 1.03. The van der Waals surface area contributed by atoms with Gasteiger partial charge in [-0.15, -0.1) is 0 Å². The number of carbonyl (C=O) groups is 1. The van der Waals surface area contributed by atoms with E-state index in [1.165, 1.54) is 13.3 Å². The molecule has 24 heavy (non-hydrogen) atoms. The van der Waals surface area contributed by atoms with Crippen molar-refractivity contribution in [2.75, 3.05) is 38.2 Å². The molecule has 0 bridgehead atoms. The van der Waals surface area contributed by atoms with Gasteiger partial charge in [0.2, 0.25) is 5.91 Å². The summed E-state index contributed by atoms with van der Waals surface area (Å²) in [5.41, 5.74) is -1.50. The Labute approximate surface area is 143 Å². The van der Waals surface area contributed by atoms with E-state index in [4.69, 9.17) is 0 Å². The summed E-state index contributed by atoms with van der Waals surface area (Å²) in [6.07, 6.45) is 3.65. The summed E-state index contributed by atoms with van der Waals surface area (Å²) >= 11 is 0. The van der Waals surface area contributed by atoms with Gasteiger partial charge in [-0.3, -0.25) is 9.35 Å². The number of rotatable bonds is 5. The molecule has 140 valence electrons. The van der Waals surface area contributed by atoms with Crippen LogP contribution in [0.4, 0.5) is 0 Å². The molecule has 2 atom stereocenters. The molecule has 0 aromatic rings. The maximum absolute atomic E-state index is 12.3. The minimum absolute atomic E-state index is 0.199. The van der Waals surface area contributed by atoms with Crippen LogP contribution in [0.1, 0.15) is 32.6 Å². The van der Waals surface area contributed by atoms with Crippen molar-refractivity contribution in [1.29, 1.82) is 0 Å². The number of sulfone groups is 1. The van der Waals surface area contributed by atoms with Gasteiger partial charge >= 0.3 is 0 Å². The second-order valence-electron chi connectivity index (χ2n) is 7.62. The van der Waals surface area contributed by atoms with Crippen LogP contribution in [0.15, 0.2) is 0 Å². The van der Waals surface area contributed by atoms with Gasteiger partial charge in [0.25, 0.3) is 10.1 Å². The molecular formula is C14H27N2O6S2+. The van der Waals surface area contributed by atoms with E-state index in [0.29, 0.717) is 6.54 Å². The highest BCUT2D eigenvalue weighted by atomic mass is 32.2. The minimum atomic E-state index is -4.57. The number of carbonyl (C=O) groups excluding carboxylic acids is 1. The number of hydrogen-bond donors (Lipinski definition) is 2. The van der Waals surface area contributed by atoms with Gasteiger partial charge in [-0.25, -0.2) is 8.42 Å². The van der Waals surface area contributed by atoms with Crippen LogP contribution in [0.5, 0.6) is 0 Å². The highest BCUT2D eigenvalue weighted by molar-refractivity contribution is 7.94. The largest absolute Gasteiger partial charge is 0.348 e. The first-order chi connectivity index (χ1) is 10.9. The van der Waals surface area contributed by atoms with E-state index < -0.39 is 42.2 Å². The van der Waals surface area contributed by atoms with E-state index in [9.17, 15) is 26.2 Å². The number of likely N-dealkylation sites (tertiary alicyclic amines) is 1. The van der Waals surface area contributed by atoms with Gasteiger partial charge in [-0.05, 0) is 26.2 Å². The van der Waals surface area contributed by atoms with Crippen LogP contribution in [-0.4, -0.2) is 80.8 Å². The van der Waals surface area contributed by atoms with Gasteiger partial charge in [0.1, 0.15) is 5.25 Å². The zero-order chi connectivity index (χ0) is 18.2. The lowest BCUT2D eigenvalue weighted by molar-refractivity contribution is -0.913. The number of nitrogens with zero attached hydrogens (tertiary/aromatic N) is 1. The van der Waals surface area contributed by atoms with Gasteiger partial charge in [-0.1, -0.05) is 0 Å². The normalized spacial score (nSPS) is 32.4. The van der Waals surface area contributed by atoms with Crippen LogP contribution in [0.2, 0.25) is 0 Å². The summed E-state index contributed by atoms with van der Waals surface area (Å²) in [6.45, 7) is 4.01. The van der Waals surface area contributed by atoms with E-state index in [1.807, 2.05) is 0 Å². The summed E-state index contributed by atoms with van der Waals surface area (Å²) in [4.78, 5) is 12.3. The standard InChI is InChI=1S/C14H26N2O6S2/c1-14(11-23(18,19)10-12(14)24(20,21)22)15-13(17)6-9-16(2)7-4-3-5-8-16/h12H,3-11H2,1-2H3,(H-,15,17,20,21,22)/p+1/t12-,14-/m0/s1. The molecule has 0 saturated carbocycles. The van der Waals surface area contributed by atoms with Gasteiger partial charge in [0, 0.05) is 0 Å². The van der Waals surface area contributed by atoms with Crippen LogP contribution in [0.3, 0.4) is 0 Å². The van der Waals surface area contributed by atoms with Crippen molar-refractivity contribution in [1.82, 2.24) is 5.32 Å². The molecule has 2 saturated heterocycles. The van der Waals surface area contributed by atoms with Crippen molar-refractivity contribution in [2.45, 2.75) is 43.4 Å². The molecular weight excluding hydrogens is 356 g/mol.